The minimum Gasteiger partial charge on any atom is -0.497 e. The van der Waals surface area contributed by atoms with Crippen molar-refractivity contribution in [3.63, 3.8) is 0 Å². The lowest BCUT2D eigenvalue weighted by molar-refractivity contribution is -0.104. The first-order chi connectivity index (χ1) is 11.2. The molecule has 0 fully saturated rings. The SMILES string of the molecule is COc1ccc(B(O)O)c(OCOCOCc2ccccc2)c1. The summed E-state index contributed by atoms with van der Waals surface area (Å²) in [5.41, 5.74) is 1.29. The van der Waals surface area contributed by atoms with Gasteiger partial charge in [-0.05, 0) is 11.6 Å². The zero-order valence-electron chi connectivity index (χ0n) is 12.8. The summed E-state index contributed by atoms with van der Waals surface area (Å²) in [5.74, 6) is 0.826. The molecule has 2 aromatic rings. The Bertz CT molecular complexity index is 590. The number of methoxy groups -OCH3 is 1. The van der Waals surface area contributed by atoms with Gasteiger partial charge in [0.1, 0.15) is 11.5 Å². The zero-order valence-corrected chi connectivity index (χ0v) is 12.8. The summed E-state index contributed by atoms with van der Waals surface area (Å²) in [6, 6.07) is 14.4. The van der Waals surface area contributed by atoms with E-state index < -0.39 is 7.12 Å². The molecular weight excluding hydrogens is 299 g/mol. The Hall–Kier alpha value is -2.06. The normalized spacial score (nSPS) is 10.4. The third-order valence-electron chi connectivity index (χ3n) is 3.07. The van der Waals surface area contributed by atoms with Crippen LogP contribution in [0.15, 0.2) is 48.5 Å². The molecule has 23 heavy (non-hydrogen) atoms. The van der Waals surface area contributed by atoms with Crippen molar-refractivity contribution in [1.82, 2.24) is 0 Å². The van der Waals surface area contributed by atoms with Crippen LogP contribution < -0.4 is 14.9 Å². The summed E-state index contributed by atoms with van der Waals surface area (Å²) >= 11 is 0. The molecule has 7 heteroatoms. The molecular formula is C16H19BO6. The van der Waals surface area contributed by atoms with E-state index in [1.165, 1.54) is 13.2 Å². The van der Waals surface area contributed by atoms with Crippen LogP contribution in [-0.2, 0) is 16.1 Å². The monoisotopic (exact) mass is 318 g/mol. The fraction of sp³-hybridized carbons (Fsp3) is 0.250. The topological polar surface area (TPSA) is 77.4 Å². The molecule has 0 aliphatic carbocycles. The zero-order chi connectivity index (χ0) is 16.5. The molecule has 0 bridgehead atoms. The molecule has 122 valence electrons. The third kappa shape index (κ3) is 5.57. The lowest BCUT2D eigenvalue weighted by Crippen LogP contribution is -2.31. The molecule has 2 rings (SSSR count). The highest BCUT2D eigenvalue weighted by molar-refractivity contribution is 6.59. The fourth-order valence-electron chi connectivity index (χ4n) is 1.91. The van der Waals surface area contributed by atoms with Crippen LogP contribution in [0.25, 0.3) is 0 Å². The number of ether oxygens (including phenoxy) is 4. The number of hydrogen-bond donors (Lipinski definition) is 2. The predicted octanol–water partition coefficient (Wildman–Crippen LogP) is 0.902. The van der Waals surface area contributed by atoms with Gasteiger partial charge in [0.15, 0.2) is 13.6 Å². The van der Waals surface area contributed by atoms with Crippen molar-refractivity contribution >= 4 is 12.6 Å². The van der Waals surface area contributed by atoms with Crippen LogP contribution in [-0.4, -0.2) is 37.9 Å². The molecule has 0 heterocycles. The van der Waals surface area contributed by atoms with Crippen molar-refractivity contribution < 1.29 is 29.0 Å². The highest BCUT2D eigenvalue weighted by atomic mass is 16.7. The summed E-state index contributed by atoms with van der Waals surface area (Å²) in [6.07, 6.45) is 0. The van der Waals surface area contributed by atoms with Gasteiger partial charge in [-0.15, -0.1) is 0 Å². The van der Waals surface area contributed by atoms with Crippen LogP contribution in [0.2, 0.25) is 0 Å². The van der Waals surface area contributed by atoms with E-state index in [1.54, 1.807) is 12.1 Å². The molecule has 0 aromatic heterocycles. The highest BCUT2D eigenvalue weighted by Crippen LogP contribution is 2.17. The minimum atomic E-state index is -1.63. The van der Waals surface area contributed by atoms with Crippen LogP contribution in [0.3, 0.4) is 0 Å². The third-order valence-corrected chi connectivity index (χ3v) is 3.07. The van der Waals surface area contributed by atoms with Gasteiger partial charge in [-0.3, -0.25) is 0 Å². The van der Waals surface area contributed by atoms with Gasteiger partial charge in [-0.25, -0.2) is 0 Å². The molecule has 0 radical (unpaired) electrons. The van der Waals surface area contributed by atoms with E-state index >= 15 is 0 Å². The Morgan fingerprint density at radius 2 is 1.74 bits per heavy atom. The Kier molecular flexibility index (Phi) is 6.90. The lowest BCUT2D eigenvalue weighted by atomic mass is 9.79. The molecule has 0 saturated heterocycles. The molecule has 0 aliphatic heterocycles. The summed E-state index contributed by atoms with van der Waals surface area (Å²) in [6.45, 7) is 0.429. The second-order valence-electron chi connectivity index (χ2n) is 4.70. The summed E-state index contributed by atoms with van der Waals surface area (Å²) < 4.78 is 21.0. The minimum absolute atomic E-state index is 0.0654. The molecule has 0 amide bonds. The molecule has 0 atom stereocenters. The summed E-state index contributed by atoms with van der Waals surface area (Å²) in [4.78, 5) is 0. The number of benzene rings is 2. The van der Waals surface area contributed by atoms with Crippen LogP contribution >= 0.6 is 0 Å². The van der Waals surface area contributed by atoms with Gasteiger partial charge in [0.25, 0.3) is 0 Å². The molecule has 0 unspecified atom stereocenters. The molecule has 6 nitrogen and oxygen atoms in total. The largest absolute Gasteiger partial charge is 0.497 e. The standard InChI is InChI=1S/C16H19BO6/c1-20-14-7-8-15(17(18)19)16(9-14)23-12-22-11-21-10-13-5-3-2-4-6-13/h2-9,18-19H,10-12H2,1H3. The van der Waals surface area contributed by atoms with E-state index in [1.807, 2.05) is 30.3 Å². The predicted molar refractivity (Wildman–Crippen MR) is 85.5 cm³/mol. The maximum Gasteiger partial charge on any atom is 0.492 e. The molecule has 2 aromatic carbocycles. The van der Waals surface area contributed by atoms with Crippen molar-refractivity contribution in [2.24, 2.45) is 0 Å². The number of rotatable bonds is 9. The molecule has 0 saturated carbocycles. The Labute approximate surface area is 135 Å². The summed E-state index contributed by atoms with van der Waals surface area (Å²) in [5, 5.41) is 18.6. The van der Waals surface area contributed by atoms with E-state index in [0.29, 0.717) is 12.4 Å². The Morgan fingerprint density at radius 3 is 2.43 bits per heavy atom. The first-order valence-corrected chi connectivity index (χ1v) is 7.07. The van der Waals surface area contributed by atoms with Crippen LogP contribution in [0, 0.1) is 0 Å². The number of hydrogen-bond acceptors (Lipinski definition) is 6. The van der Waals surface area contributed by atoms with E-state index in [9.17, 15) is 10.0 Å². The van der Waals surface area contributed by atoms with Gasteiger partial charge >= 0.3 is 7.12 Å². The van der Waals surface area contributed by atoms with Crippen LogP contribution in [0.5, 0.6) is 11.5 Å². The fourth-order valence-corrected chi connectivity index (χ4v) is 1.91. The maximum atomic E-state index is 9.30. The van der Waals surface area contributed by atoms with Crippen molar-refractivity contribution in [2.75, 3.05) is 20.7 Å². The van der Waals surface area contributed by atoms with Gasteiger partial charge in [-0.1, -0.05) is 36.4 Å². The lowest BCUT2D eigenvalue weighted by Gasteiger charge is -2.13. The van der Waals surface area contributed by atoms with Crippen molar-refractivity contribution in [2.45, 2.75) is 6.61 Å². The van der Waals surface area contributed by atoms with Gasteiger partial charge < -0.3 is 29.0 Å². The molecule has 0 spiro atoms. The van der Waals surface area contributed by atoms with E-state index in [4.69, 9.17) is 18.9 Å². The second-order valence-corrected chi connectivity index (χ2v) is 4.70. The quantitative estimate of drug-likeness (QED) is 0.406. The first-order valence-electron chi connectivity index (χ1n) is 7.07. The van der Waals surface area contributed by atoms with Gasteiger partial charge in [0.05, 0.1) is 13.7 Å². The average molecular weight is 318 g/mol. The van der Waals surface area contributed by atoms with Gasteiger partial charge in [0, 0.05) is 11.5 Å². The van der Waals surface area contributed by atoms with Crippen LogP contribution in [0.4, 0.5) is 0 Å². The Morgan fingerprint density at radius 1 is 0.957 bits per heavy atom. The van der Waals surface area contributed by atoms with Gasteiger partial charge in [0.2, 0.25) is 0 Å². The van der Waals surface area contributed by atoms with E-state index in [-0.39, 0.29) is 24.8 Å². The maximum absolute atomic E-state index is 9.30. The Balaban J connectivity index is 1.75. The smallest absolute Gasteiger partial charge is 0.492 e. The first kappa shape index (κ1) is 17.3. The van der Waals surface area contributed by atoms with Crippen molar-refractivity contribution in [3.05, 3.63) is 54.1 Å². The van der Waals surface area contributed by atoms with Crippen LogP contribution in [0.1, 0.15) is 5.56 Å². The van der Waals surface area contributed by atoms with Gasteiger partial charge in [-0.2, -0.15) is 0 Å². The second kappa shape index (κ2) is 9.17. The van der Waals surface area contributed by atoms with E-state index in [2.05, 4.69) is 0 Å². The average Bonchev–Trinajstić information content (AvgIpc) is 2.58. The summed E-state index contributed by atoms with van der Waals surface area (Å²) in [7, 11) is -0.118. The highest BCUT2D eigenvalue weighted by Gasteiger charge is 2.17. The van der Waals surface area contributed by atoms with Crippen molar-refractivity contribution in [3.8, 4) is 11.5 Å². The van der Waals surface area contributed by atoms with E-state index in [0.717, 1.165) is 5.56 Å². The van der Waals surface area contributed by atoms with Crippen molar-refractivity contribution in [1.29, 1.82) is 0 Å². The molecule has 2 N–H and O–H groups in total. The molecule has 0 aliphatic rings.